The maximum Gasteiger partial charge on any atom is 0.173 e. The van der Waals surface area contributed by atoms with E-state index in [-0.39, 0.29) is 11.5 Å². The van der Waals surface area contributed by atoms with Crippen molar-refractivity contribution in [3.63, 3.8) is 0 Å². The van der Waals surface area contributed by atoms with E-state index in [1.165, 1.54) is 11.8 Å². The number of benzene rings is 1. The van der Waals surface area contributed by atoms with Gasteiger partial charge in [0.05, 0.1) is 0 Å². The van der Waals surface area contributed by atoms with Gasteiger partial charge in [-0.2, -0.15) is 0 Å². The van der Waals surface area contributed by atoms with Gasteiger partial charge < -0.3 is 5.11 Å². The first-order valence-electron chi connectivity index (χ1n) is 6.73. The molecule has 20 heavy (non-hydrogen) atoms. The Morgan fingerprint density at radius 1 is 0.950 bits per heavy atom. The average Bonchev–Trinajstić information content (AvgIpc) is 2.33. The van der Waals surface area contributed by atoms with Gasteiger partial charge in [0.25, 0.3) is 0 Å². The Bertz CT molecular complexity index is 502. The largest absolute Gasteiger partial charge is 0.874 e. The molecule has 1 aromatic carbocycles. The highest BCUT2D eigenvalue weighted by Gasteiger charge is 2.28. The van der Waals surface area contributed by atoms with Gasteiger partial charge in [-0.25, -0.2) is 0 Å². The van der Waals surface area contributed by atoms with Crippen LogP contribution in [0.2, 0.25) is 0 Å². The Morgan fingerprint density at radius 2 is 1.45 bits per heavy atom. The molecule has 0 spiro atoms. The van der Waals surface area contributed by atoms with Crippen molar-refractivity contribution >= 4 is 17.5 Å². The van der Waals surface area contributed by atoms with Crippen LogP contribution in [-0.4, -0.2) is 5.78 Å². The van der Waals surface area contributed by atoms with E-state index in [0.717, 1.165) is 4.90 Å². The summed E-state index contributed by atoms with van der Waals surface area (Å²) in [6.45, 7) is 11.1. The van der Waals surface area contributed by atoms with Crippen molar-refractivity contribution in [2.75, 3.05) is 0 Å². The molecular formula is C17H23O2S-. The highest BCUT2D eigenvalue weighted by Crippen LogP contribution is 2.37. The summed E-state index contributed by atoms with van der Waals surface area (Å²) in [4.78, 5) is 13.8. The van der Waals surface area contributed by atoms with Crippen molar-refractivity contribution in [1.29, 1.82) is 0 Å². The Hall–Kier alpha value is -1.22. The fraction of sp³-hybridized carbons (Fsp3) is 0.471. The van der Waals surface area contributed by atoms with Gasteiger partial charge in [0.15, 0.2) is 5.78 Å². The number of carbonyl (C=O) groups excluding carboxylic acids is 1. The van der Waals surface area contributed by atoms with E-state index in [1.54, 1.807) is 0 Å². The molecule has 0 saturated heterocycles. The predicted octanol–water partition coefficient (Wildman–Crippen LogP) is 4.01. The van der Waals surface area contributed by atoms with Gasteiger partial charge in [0.1, 0.15) is 0 Å². The third-order valence-corrected chi connectivity index (χ3v) is 3.82. The lowest BCUT2D eigenvalue weighted by Gasteiger charge is -2.33. The van der Waals surface area contributed by atoms with Gasteiger partial charge in [-0.1, -0.05) is 71.5 Å². The molecule has 0 unspecified atom stereocenters. The van der Waals surface area contributed by atoms with Gasteiger partial charge in [-0.15, -0.1) is 5.76 Å². The van der Waals surface area contributed by atoms with E-state index in [9.17, 15) is 9.90 Å². The Kier molecular flexibility index (Phi) is 5.09. The van der Waals surface area contributed by atoms with E-state index in [1.807, 2.05) is 71.9 Å². The van der Waals surface area contributed by atoms with Crippen molar-refractivity contribution in [2.45, 2.75) is 46.4 Å². The smallest absolute Gasteiger partial charge is 0.173 e. The van der Waals surface area contributed by atoms with Crippen LogP contribution >= 0.6 is 11.8 Å². The second-order valence-corrected chi connectivity index (χ2v) is 7.99. The number of hydrogen-bond acceptors (Lipinski definition) is 3. The van der Waals surface area contributed by atoms with Gasteiger partial charge in [0, 0.05) is 15.2 Å². The summed E-state index contributed by atoms with van der Waals surface area (Å²) in [7, 11) is 0. The summed E-state index contributed by atoms with van der Waals surface area (Å²) in [6, 6.07) is 9.56. The van der Waals surface area contributed by atoms with Crippen LogP contribution in [0.25, 0.3) is 0 Å². The molecule has 0 heterocycles. The zero-order chi connectivity index (χ0) is 15.6. The zero-order valence-corrected chi connectivity index (χ0v) is 13.9. The van der Waals surface area contributed by atoms with Crippen LogP contribution in [0.15, 0.2) is 45.9 Å². The van der Waals surface area contributed by atoms with Gasteiger partial charge in [0.2, 0.25) is 0 Å². The molecule has 0 radical (unpaired) electrons. The first kappa shape index (κ1) is 16.8. The first-order chi connectivity index (χ1) is 9.03. The molecule has 1 rings (SSSR count). The minimum absolute atomic E-state index is 0.0914. The van der Waals surface area contributed by atoms with Crippen molar-refractivity contribution in [3.8, 4) is 0 Å². The van der Waals surface area contributed by atoms with Gasteiger partial charge in [-0.05, 0) is 17.5 Å². The fourth-order valence-corrected chi connectivity index (χ4v) is 2.81. The standard InChI is InChI=1S/C17H24O2S/c1-16(2,3)14(18)13(15(19)17(4,5)6)20-12-10-8-7-9-11-12/h7-11,18H,1-6H3/p-1/b14-13+. The molecule has 2 nitrogen and oxygen atoms in total. The van der Waals surface area contributed by atoms with Crippen LogP contribution in [0, 0.1) is 10.8 Å². The highest BCUT2D eigenvalue weighted by atomic mass is 32.2. The van der Waals surface area contributed by atoms with Crippen molar-refractivity contribution in [3.05, 3.63) is 41.0 Å². The molecule has 0 aliphatic heterocycles. The average molecular weight is 291 g/mol. The summed E-state index contributed by atoms with van der Waals surface area (Å²) in [5.41, 5.74) is -1.12. The van der Waals surface area contributed by atoms with E-state index in [2.05, 4.69) is 0 Å². The van der Waals surface area contributed by atoms with Gasteiger partial charge in [-0.3, -0.25) is 4.79 Å². The third kappa shape index (κ3) is 4.41. The third-order valence-electron chi connectivity index (χ3n) is 2.74. The highest BCUT2D eigenvalue weighted by molar-refractivity contribution is 8.04. The molecule has 0 bridgehead atoms. The molecule has 0 aliphatic carbocycles. The zero-order valence-electron chi connectivity index (χ0n) is 13.1. The number of allylic oxidation sites excluding steroid dienone is 2. The maximum atomic E-state index is 12.6. The second kappa shape index (κ2) is 6.04. The number of Topliss-reactive ketones (excluding diaryl/α,β-unsaturated/α-hetero) is 1. The van der Waals surface area contributed by atoms with E-state index in [0.29, 0.717) is 4.91 Å². The minimum atomic E-state index is -0.558. The molecule has 110 valence electrons. The number of carbonyl (C=O) groups is 1. The summed E-state index contributed by atoms with van der Waals surface area (Å²) < 4.78 is 0. The van der Waals surface area contributed by atoms with Gasteiger partial charge >= 0.3 is 0 Å². The van der Waals surface area contributed by atoms with E-state index >= 15 is 0 Å². The molecule has 0 aromatic heterocycles. The summed E-state index contributed by atoms with van der Waals surface area (Å²) >= 11 is 1.28. The van der Waals surface area contributed by atoms with Crippen LogP contribution in [0.4, 0.5) is 0 Å². The van der Waals surface area contributed by atoms with Crippen LogP contribution in [0.3, 0.4) is 0 Å². The molecule has 0 amide bonds. The monoisotopic (exact) mass is 291 g/mol. The number of thioether (sulfide) groups is 1. The SMILES string of the molecule is CC(C)(C)C(=O)/C(Sc1ccccc1)=C(\[O-])C(C)(C)C. The lowest BCUT2D eigenvalue weighted by molar-refractivity contribution is -0.323. The predicted molar refractivity (Wildman–Crippen MR) is 83.2 cm³/mol. The molecule has 1 aromatic rings. The van der Waals surface area contributed by atoms with Crippen molar-refractivity contribution < 1.29 is 9.90 Å². The number of hydrogen-bond donors (Lipinski definition) is 0. The first-order valence-corrected chi connectivity index (χ1v) is 7.54. The lowest BCUT2D eigenvalue weighted by Crippen LogP contribution is -2.29. The van der Waals surface area contributed by atoms with Crippen LogP contribution in [-0.2, 0) is 4.79 Å². The van der Waals surface area contributed by atoms with Crippen molar-refractivity contribution in [1.82, 2.24) is 0 Å². The molecule has 3 heteroatoms. The summed E-state index contributed by atoms with van der Waals surface area (Å²) in [5.74, 6) is -0.183. The fourth-order valence-electron chi connectivity index (χ4n) is 1.48. The molecule has 0 atom stereocenters. The van der Waals surface area contributed by atoms with Crippen LogP contribution in [0.1, 0.15) is 41.5 Å². The molecule has 0 fully saturated rings. The normalized spacial score (nSPS) is 13.9. The van der Waals surface area contributed by atoms with Crippen molar-refractivity contribution in [2.24, 2.45) is 10.8 Å². The minimum Gasteiger partial charge on any atom is -0.874 e. The summed E-state index contributed by atoms with van der Waals surface area (Å²) in [6.07, 6.45) is 0. The number of ketones is 1. The van der Waals surface area contributed by atoms with Crippen LogP contribution < -0.4 is 5.11 Å². The molecule has 0 aliphatic rings. The van der Waals surface area contributed by atoms with E-state index < -0.39 is 10.8 Å². The molecule has 0 saturated carbocycles. The summed E-state index contributed by atoms with van der Waals surface area (Å²) in [5, 5.41) is 12.6. The Morgan fingerprint density at radius 3 is 1.85 bits per heavy atom. The molecular weight excluding hydrogens is 268 g/mol. The van der Waals surface area contributed by atoms with Crippen LogP contribution in [0.5, 0.6) is 0 Å². The quantitative estimate of drug-likeness (QED) is 0.480. The topological polar surface area (TPSA) is 40.1 Å². The molecule has 0 N–H and O–H groups in total. The Labute approximate surface area is 126 Å². The number of rotatable bonds is 3. The maximum absolute atomic E-state index is 12.6. The Balaban J connectivity index is 3.27. The lowest BCUT2D eigenvalue weighted by atomic mass is 9.86. The van der Waals surface area contributed by atoms with E-state index in [4.69, 9.17) is 0 Å². The second-order valence-electron chi connectivity index (χ2n) is 6.90.